The minimum absolute atomic E-state index is 0.0242. The zero-order valence-corrected chi connectivity index (χ0v) is 8.14. The first-order valence-corrected chi connectivity index (χ1v) is 5.17. The van der Waals surface area contributed by atoms with E-state index in [1.165, 1.54) is 0 Å². The molecule has 3 rings (SSSR count). The molecule has 5 heteroatoms. The highest BCUT2D eigenvalue weighted by Crippen LogP contribution is 2.78. The summed E-state index contributed by atoms with van der Waals surface area (Å²) in [6, 6.07) is 0. The first kappa shape index (κ1) is 9.15. The van der Waals surface area contributed by atoms with E-state index in [4.69, 9.17) is 15.9 Å². The summed E-state index contributed by atoms with van der Waals surface area (Å²) in [6.07, 6.45) is 2.36. The fourth-order valence-corrected chi connectivity index (χ4v) is 3.73. The van der Waals surface area contributed by atoms with Crippen LogP contribution in [0.2, 0.25) is 0 Å². The van der Waals surface area contributed by atoms with Gasteiger partial charge in [-0.15, -0.1) is 0 Å². The molecule has 0 aromatic carbocycles. The van der Waals surface area contributed by atoms with Crippen LogP contribution in [0.4, 0.5) is 0 Å². The Balaban J connectivity index is 1.97. The number of fused-ring (bicyclic) bond motifs is 2. The van der Waals surface area contributed by atoms with E-state index < -0.39 is 23.4 Å². The molecule has 0 bridgehead atoms. The van der Waals surface area contributed by atoms with Crippen molar-refractivity contribution in [2.45, 2.75) is 24.8 Å². The molecule has 0 aliphatic heterocycles. The Labute approximate surface area is 86.3 Å². The van der Waals surface area contributed by atoms with Gasteiger partial charge in [-0.2, -0.15) is 0 Å². The third-order valence-electron chi connectivity index (χ3n) is 4.54. The maximum absolute atomic E-state index is 11.1. The highest BCUT2D eigenvalue weighted by Gasteiger charge is 2.81. The van der Waals surface area contributed by atoms with E-state index in [-0.39, 0.29) is 17.3 Å². The summed E-state index contributed by atoms with van der Waals surface area (Å²) in [5.74, 6) is -2.74. The van der Waals surface area contributed by atoms with Crippen LogP contribution >= 0.6 is 0 Å². The van der Waals surface area contributed by atoms with E-state index >= 15 is 0 Å². The minimum atomic E-state index is -1.29. The van der Waals surface area contributed by atoms with Crippen LogP contribution in [0, 0.1) is 23.2 Å². The molecule has 5 nitrogen and oxygen atoms in total. The minimum Gasteiger partial charge on any atom is -0.481 e. The van der Waals surface area contributed by atoms with Crippen molar-refractivity contribution in [2.24, 2.45) is 28.9 Å². The van der Waals surface area contributed by atoms with Crippen molar-refractivity contribution < 1.29 is 19.8 Å². The molecule has 3 fully saturated rings. The normalized spacial score (nSPS) is 48.7. The number of hydrogen-bond acceptors (Lipinski definition) is 3. The molecule has 4 atom stereocenters. The Morgan fingerprint density at radius 2 is 1.80 bits per heavy atom. The molecular weight excluding hydrogens is 198 g/mol. The molecule has 0 radical (unpaired) electrons. The van der Waals surface area contributed by atoms with Gasteiger partial charge < -0.3 is 15.9 Å². The first-order chi connectivity index (χ1) is 6.92. The van der Waals surface area contributed by atoms with Crippen molar-refractivity contribution in [3.8, 4) is 0 Å². The second-order valence-corrected chi connectivity index (χ2v) is 5.30. The average molecular weight is 211 g/mol. The van der Waals surface area contributed by atoms with Gasteiger partial charge in [0.2, 0.25) is 0 Å². The molecule has 1 spiro atoms. The SMILES string of the molecule is N[C@@]1(C(=O)O)CC2(CC2)C2[C@H](C(=O)O)[C@H]21. The Kier molecular flexibility index (Phi) is 1.33. The van der Waals surface area contributed by atoms with Gasteiger partial charge in [-0.05, 0) is 30.6 Å². The molecule has 3 aliphatic rings. The third kappa shape index (κ3) is 0.873. The average Bonchev–Trinajstić information content (AvgIpc) is 2.91. The van der Waals surface area contributed by atoms with Crippen LogP contribution < -0.4 is 5.73 Å². The fourth-order valence-electron chi connectivity index (χ4n) is 3.73. The lowest BCUT2D eigenvalue weighted by Gasteiger charge is -2.24. The smallest absolute Gasteiger partial charge is 0.324 e. The van der Waals surface area contributed by atoms with Crippen molar-refractivity contribution in [1.29, 1.82) is 0 Å². The van der Waals surface area contributed by atoms with Crippen LogP contribution in [0.5, 0.6) is 0 Å². The van der Waals surface area contributed by atoms with Crippen LogP contribution in [0.1, 0.15) is 19.3 Å². The molecule has 0 aromatic heterocycles. The van der Waals surface area contributed by atoms with Gasteiger partial charge in [0.05, 0.1) is 5.92 Å². The number of carbonyl (C=O) groups is 2. The summed E-state index contributed by atoms with van der Waals surface area (Å²) >= 11 is 0. The topological polar surface area (TPSA) is 101 Å². The van der Waals surface area contributed by atoms with Crippen molar-refractivity contribution >= 4 is 11.9 Å². The van der Waals surface area contributed by atoms with Gasteiger partial charge in [0.25, 0.3) is 0 Å². The Morgan fingerprint density at radius 3 is 2.20 bits per heavy atom. The Hall–Kier alpha value is -1.10. The largest absolute Gasteiger partial charge is 0.481 e. The summed E-state index contributed by atoms with van der Waals surface area (Å²) in [6.45, 7) is 0. The molecule has 4 N–H and O–H groups in total. The van der Waals surface area contributed by atoms with E-state index in [1.807, 2.05) is 0 Å². The van der Waals surface area contributed by atoms with Crippen LogP contribution in [0.25, 0.3) is 0 Å². The number of nitrogens with two attached hydrogens (primary N) is 1. The number of carboxylic acids is 2. The zero-order valence-electron chi connectivity index (χ0n) is 8.14. The maximum atomic E-state index is 11.1. The summed E-state index contributed by atoms with van der Waals surface area (Å²) < 4.78 is 0. The molecule has 0 amide bonds. The maximum Gasteiger partial charge on any atom is 0.324 e. The lowest BCUT2D eigenvalue weighted by molar-refractivity contribution is -0.145. The van der Waals surface area contributed by atoms with Crippen molar-refractivity contribution in [1.82, 2.24) is 0 Å². The number of carboxylic acid groups (broad SMARTS) is 2. The molecule has 15 heavy (non-hydrogen) atoms. The Morgan fingerprint density at radius 1 is 1.20 bits per heavy atom. The van der Waals surface area contributed by atoms with Crippen molar-refractivity contribution in [3.05, 3.63) is 0 Å². The highest BCUT2D eigenvalue weighted by molar-refractivity contribution is 5.86. The molecule has 1 unspecified atom stereocenters. The number of rotatable bonds is 2. The Bertz CT molecular complexity index is 376. The second kappa shape index (κ2) is 2.19. The fraction of sp³-hybridized carbons (Fsp3) is 0.800. The number of hydrogen-bond donors (Lipinski definition) is 3. The van der Waals surface area contributed by atoms with Crippen LogP contribution in [-0.4, -0.2) is 27.7 Å². The summed E-state index contributed by atoms with van der Waals surface area (Å²) in [5.41, 5.74) is 4.54. The van der Waals surface area contributed by atoms with Gasteiger partial charge in [0.1, 0.15) is 5.54 Å². The standard InChI is InChI=1S/C10H13NO4/c11-10(8(14)15)3-9(1-2-9)5-4(6(5)10)7(12)13/h4-6H,1-3,11H2,(H,12,13)(H,14,15)/t4-,5?,6+,10-/m0/s1. The molecule has 3 saturated carbocycles. The van der Waals surface area contributed by atoms with E-state index in [1.54, 1.807) is 0 Å². The van der Waals surface area contributed by atoms with Gasteiger partial charge in [-0.1, -0.05) is 0 Å². The van der Waals surface area contributed by atoms with E-state index in [0.717, 1.165) is 12.8 Å². The monoisotopic (exact) mass is 211 g/mol. The van der Waals surface area contributed by atoms with Crippen LogP contribution in [-0.2, 0) is 9.59 Å². The second-order valence-electron chi connectivity index (χ2n) is 5.30. The number of aliphatic carboxylic acids is 2. The van der Waals surface area contributed by atoms with Gasteiger partial charge >= 0.3 is 11.9 Å². The van der Waals surface area contributed by atoms with Gasteiger partial charge in [0.15, 0.2) is 0 Å². The summed E-state index contributed by atoms with van der Waals surface area (Å²) in [7, 11) is 0. The molecule has 0 saturated heterocycles. The van der Waals surface area contributed by atoms with Crippen molar-refractivity contribution in [2.75, 3.05) is 0 Å². The van der Waals surface area contributed by atoms with Gasteiger partial charge in [-0.25, -0.2) is 0 Å². The molecule has 0 aromatic rings. The first-order valence-electron chi connectivity index (χ1n) is 5.17. The van der Waals surface area contributed by atoms with Crippen LogP contribution in [0.15, 0.2) is 0 Å². The predicted molar refractivity (Wildman–Crippen MR) is 48.9 cm³/mol. The van der Waals surface area contributed by atoms with Crippen molar-refractivity contribution in [3.63, 3.8) is 0 Å². The lowest BCUT2D eigenvalue weighted by atomic mass is 9.86. The molecular formula is C10H13NO4. The van der Waals surface area contributed by atoms with E-state index in [9.17, 15) is 9.59 Å². The van der Waals surface area contributed by atoms with Gasteiger partial charge in [0, 0.05) is 5.92 Å². The summed E-state index contributed by atoms with van der Waals surface area (Å²) in [5, 5.41) is 18.1. The summed E-state index contributed by atoms with van der Waals surface area (Å²) in [4.78, 5) is 22.1. The van der Waals surface area contributed by atoms with Crippen LogP contribution in [0.3, 0.4) is 0 Å². The van der Waals surface area contributed by atoms with Gasteiger partial charge in [-0.3, -0.25) is 9.59 Å². The quantitative estimate of drug-likeness (QED) is 0.592. The third-order valence-corrected chi connectivity index (χ3v) is 4.54. The highest BCUT2D eigenvalue weighted by atomic mass is 16.4. The predicted octanol–water partition coefficient (Wildman–Crippen LogP) is -0.101. The lowest BCUT2D eigenvalue weighted by Crippen LogP contribution is -2.50. The van der Waals surface area contributed by atoms with E-state index in [2.05, 4.69) is 0 Å². The van der Waals surface area contributed by atoms with E-state index in [0.29, 0.717) is 6.42 Å². The zero-order chi connectivity index (χ0) is 11.0. The molecule has 3 aliphatic carbocycles. The molecule has 82 valence electrons. The molecule has 0 heterocycles.